The number of rotatable bonds is 6. The number of hydrogen-bond donors (Lipinski definition) is 1. The Morgan fingerprint density at radius 3 is 2.89 bits per heavy atom. The second-order valence-electron chi connectivity index (χ2n) is 5.62. The van der Waals surface area contributed by atoms with Gasteiger partial charge in [-0.1, -0.05) is 6.92 Å². The van der Waals surface area contributed by atoms with Gasteiger partial charge in [0.15, 0.2) is 5.13 Å². The molecule has 1 N–H and O–H groups in total. The first-order chi connectivity index (χ1) is 9.19. The number of carbonyl (C=O) groups is 1. The number of hydrogen-bond acceptors (Lipinski definition) is 4. The molecule has 104 valence electrons. The summed E-state index contributed by atoms with van der Waals surface area (Å²) in [7, 11) is 0. The van der Waals surface area contributed by atoms with Crippen LogP contribution in [-0.4, -0.2) is 29.1 Å². The summed E-state index contributed by atoms with van der Waals surface area (Å²) in [4.78, 5) is 19.4. The first-order valence-electron chi connectivity index (χ1n) is 7.16. The molecule has 1 atom stereocenters. The molecule has 0 aromatic carbocycles. The van der Waals surface area contributed by atoms with Gasteiger partial charge in [-0.05, 0) is 38.0 Å². The van der Waals surface area contributed by atoms with Crippen molar-refractivity contribution in [2.45, 2.75) is 44.9 Å². The maximum atomic E-state index is 11.2. The molecule has 0 bridgehead atoms. The van der Waals surface area contributed by atoms with Crippen LogP contribution in [0.4, 0.5) is 5.13 Å². The van der Waals surface area contributed by atoms with Crippen LogP contribution in [0.15, 0.2) is 0 Å². The fourth-order valence-electron chi connectivity index (χ4n) is 2.74. The van der Waals surface area contributed by atoms with Crippen molar-refractivity contribution in [3.8, 4) is 0 Å². The standard InChI is InChI=1S/C14H20N2O2S/c1-2-7-16(8-9-3-4-9)14-15-12-10(13(17)18)5-6-11(12)19-14/h9-10H,2-8H2,1H3,(H,17,18). The highest BCUT2D eigenvalue weighted by molar-refractivity contribution is 7.15. The maximum absolute atomic E-state index is 11.2. The number of aromatic nitrogens is 1. The van der Waals surface area contributed by atoms with Crippen LogP contribution in [-0.2, 0) is 11.2 Å². The Morgan fingerprint density at radius 1 is 1.47 bits per heavy atom. The van der Waals surface area contributed by atoms with Crippen molar-refractivity contribution in [3.63, 3.8) is 0 Å². The Morgan fingerprint density at radius 2 is 2.26 bits per heavy atom. The van der Waals surface area contributed by atoms with Crippen LogP contribution in [0.1, 0.15) is 49.1 Å². The van der Waals surface area contributed by atoms with Gasteiger partial charge in [0.1, 0.15) is 5.92 Å². The molecule has 0 amide bonds. The number of fused-ring (bicyclic) bond motifs is 1. The predicted octanol–water partition coefficient (Wildman–Crippen LogP) is 2.88. The van der Waals surface area contributed by atoms with E-state index in [2.05, 4.69) is 16.8 Å². The third kappa shape index (κ3) is 2.61. The lowest BCUT2D eigenvalue weighted by atomic mass is 10.1. The summed E-state index contributed by atoms with van der Waals surface area (Å²) in [5.41, 5.74) is 0.837. The minimum Gasteiger partial charge on any atom is -0.481 e. The van der Waals surface area contributed by atoms with Crippen LogP contribution in [0.2, 0.25) is 0 Å². The van der Waals surface area contributed by atoms with E-state index < -0.39 is 5.97 Å². The quantitative estimate of drug-likeness (QED) is 0.870. The first kappa shape index (κ1) is 12.9. The summed E-state index contributed by atoms with van der Waals surface area (Å²) >= 11 is 1.71. The predicted molar refractivity (Wildman–Crippen MR) is 76.0 cm³/mol. The molecule has 1 fully saturated rings. The van der Waals surface area contributed by atoms with Crippen molar-refractivity contribution in [1.29, 1.82) is 0 Å². The summed E-state index contributed by atoms with van der Waals surface area (Å²) in [6, 6.07) is 0. The smallest absolute Gasteiger partial charge is 0.312 e. The molecular formula is C14H20N2O2S. The van der Waals surface area contributed by atoms with E-state index in [-0.39, 0.29) is 5.92 Å². The third-order valence-electron chi connectivity index (χ3n) is 3.94. The van der Waals surface area contributed by atoms with Gasteiger partial charge in [0, 0.05) is 18.0 Å². The van der Waals surface area contributed by atoms with Crippen LogP contribution in [0.3, 0.4) is 0 Å². The number of thiazole rings is 1. The molecule has 0 aliphatic heterocycles. The molecule has 1 aromatic rings. The molecule has 2 aliphatic rings. The molecule has 5 heteroatoms. The highest BCUT2D eigenvalue weighted by atomic mass is 32.1. The zero-order valence-corrected chi connectivity index (χ0v) is 12.1. The molecule has 1 heterocycles. The topological polar surface area (TPSA) is 53.4 Å². The Kier molecular flexibility index (Phi) is 3.48. The zero-order valence-electron chi connectivity index (χ0n) is 11.3. The first-order valence-corrected chi connectivity index (χ1v) is 7.98. The minimum atomic E-state index is -0.722. The zero-order chi connectivity index (χ0) is 13.4. The largest absolute Gasteiger partial charge is 0.481 e. The molecule has 0 saturated heterocycles. The lowest BCUT2D eigenvalue weighted by Gasteiger charge is -2.21. The molecule has 1 saturated carbocycles. The molecule has 19 heavy (non-hydrogen) atoms. The normalized spacial score (nSPS) is 21.4. The Hall–Kier alpha value is -1.10. The van der Waals surface area contributed by atoms with Gasteiger partial charge >= 0.3 is 5.97 Å². The van der Waals surface area contributed by atoms with Gasteiger partial charge in [-0.25, -0.2) is 4.98 Å². The third-order valence-corrected chi connectivity index (χ3v) is 5.14. The second-order valence-corrected chi connectivity index (χ2v) is 6.69. The number of nitrogens with zero attached hydrogens (tertiary/aromatic N) is 2. The number of carboxylic acid groups (broad SMARTS) is 1. The van der Waals surface area contributed by atoms with E-state index in [4.69, 9.17) is 0 Å². The van der Waals surface area contributed by atoms with Crippen molar-refractivity contribution >= 4 is 22.4 Å². The number of anilines is 1. The molecule has 4 nitrogen and oxygen atoms in total. The molecule has 0 radical (unpaired) electrons. The van der Waals surface area contributed by atoms with E-state index in [1.54, 1.807) is 11.3 Å². The van der Waals surface area contributed by atoms with Crippen LogP contribution < -0.4 is 4.90 Å². The second kappa shape index (κ2) is 5.12. The number of aryl methyl sites for hydroxylation is 1. The van der Waals surface area contributed by atoms with E-state index in [9.17, 15) is 9.90 Å². The maximum Gasteiger partial charge on any atom is 0.312 e. The summed E-state index contributed by atoms with van der Waals surface area (Å²) in [6.07, 6.45) is 5.39. The van der Waals surface area contributed by atoms with Gasteiger partial charge in [-0.15, -0.1) is 11.3 Å². The molecule has 1 unspecified atom stereocenters. The average Bonchev–Trinajstić information content (AvgIpc) is 2.94. The van der Waals surface area contributed by atoms with Crippen molar-refractivity contribution < 1.29 is 9.90 Å². The number of carboxylic acids is 1. The summed E-state index contributed by atoms with van der Waals surface area (Å²) in [6.45, 7) is 4.31. The number of aliphatic carboxylic acids is 1. The molecule has 0 spiro atoms. The Bertz CT molecular complexity index is 482. The minimum absolute atomic E-state index is 0.371. The SMILES string of the molecule is CCCN(CC1CC1)c1nc2c(s1)CCC2C(=O)O. The van der Waals surface area contributed by atoms with Gasteiger partial charge in [0.2, 0.25) is 0 Å². The van der Waals surface area contributed by atoms with Gasteiger partial charge < -0.3 is 10.0 Å². The molecule has 3 rings (SSSR count). The van der Waals surface area contributed by atoms with Crippen LogP contribution in [0.25, 0.3) is 0 Å². The van der Waals surface area contributed by atoms with Crippen LogP contribution >= 0.6 is 11.3 Å². The van der Waals surface area contributed by atoms with Gasteiger partial charge in [0.05, 0.1) is 5.69 Å². The molecule has 2 aliphatic carbocycles. The van der Waals surface area contributed by atoms with E-state index >= 15 is 0 Å². The Balaban J connectivity index is 1.80. The van der Waals surface area contributed by atoms with E-state index in [0.29, 0.717) is 0 Å². The van der Waals surface area contributed by atoms with Crippen molar-refractivity contribution in [2.75, 3.05) is 18.0 Å². The summed E-state index contributed by atoms with van der Waals surface area (Å²) < 4.78 is 0. The van der Waals surface area contributed by atoms with Gasteiger partial charge in [-0.2, -0.15) is 0 Å². The lowest BCUT2D eigenvalue weighted by Crippen LogP contribution is -2.26. The monoisotopic (exact) mass is 280 g/mol. The molecule has 1 aromatic heterocycles. The van der Waals surface area contributed by atoms with Crippen molar-refractivity contribution in [3.05, 3.63) is 10.6 Å². The fourth-order valence-corrected chi connectivity index (χ4v) is 3.91. The fraction of sp³-hybridized carbons (Fsp3) is 0.714. The van der Waals surface area contributed by atoms with Gasteiger partial charge in [-0.3, -0.25) is 4.79 Å². The summed E-state index contributed by atoms with van der Waals surface area (Å²) in [5.74, 6) is -0.259. The van der Waals surface area contributed by atoms with E-state index in [1.165, 1.54) is 17.7 Å². The van der Waals surface area contributed by atoms with Crippen LogP contribution in [0, 0.1) is 5.92 Å². The summed E-state index contributed by atoms with van der Waals surface area (Å²) in [5, 5.41) is 10.3. The van der Waals surface area contributed by atoms with Crippen molar-refractivity contribution in [2.24, 2.45) is 5.92 Å². The molecular weight excluding hydrogens is 260 g/mol. The highest BCUT2D eigenvalue weighted by Gasteiger charge is 2.34. The van der Waals surface area contributed by atoms with Crippen molar-refractivity contribution in [1.82, 2.24) is 4.98 Å². The van der Waals surface area contributed by atoms with E-state index in [0.717, 1.165) is 49.1 Å². The van der Waals surface area contributed by atoms with Gasteiger partial charge in [0.25, 0.3) is 0 Å². The lowest BCUT2D eigenvalue weighted by molar-refractivity contribution is -0.138. The highest BCUT2D eigenvalue weighted by Crippen LogP contribution is 2.40. The Labute approximate surface area is 117 Å². The van der Waals surface area contributed by atoms with Crippen LogP contribution in [0.5, 0.6) is 0 Å². The van der Waals surface area contributed by atoms with E-state index in [1.807, 2.05) is 0 Å². The average molecular weight is 280 g/mol.